The average molecular weight is 493 g/mol. The zero-order valence-electron chi connectivity index (χ0n) is 17.5. The SMILES string of the molecule is Cc1ccc(NC(=O)COc2ccc(N(Cc3ccccc3Cl)S(C)(=O)=O)cc2)cc1Cl. The van der Waals surface area contributed by atoms with Crippen LogP contribution in [0.4, 0.5) is 11.4 Å². The molecule has 0 fully saturated rings. The summed E-state index contributed by atoms with van der Waals surface area (Å²) in [6.45, 7) is 1.76. The minimum Gasteiger partial charge on any atom is -0.484 e. The summed E-state index contributed by atoms with van der Waals surface area (Å²) in [6.07, 6.45) is 1.13. The molecule has 9 heteroatoms. The summed E-state index contributed by atoms with van der Waals surface area (Å²) in [5.74, 6) is 0.0857. The predicted octanol–water partition coefficient (Wildman–Crippen LogP) is 5.29. The number of carbonyl (C=O) groups is 1. The first-order chi connectivity index (χ1) is 15.1. The van der Waals surface area contributed by atoms with Gasteiger partial charge < -0.3 is 10.1 Å². The Balaban J connectivity index is 1.65. The Morgan fingerprint density at radius 3 is 2.31 bits per heavy atom. The van der Waals surface area contributed by atoms with Gasteiger partial charge in [-0.1, -0.05) is 47.5 Å². The van der Waals surface area contributed by atoms with Crippen molar-refractivity contribution < 1.29 is 17.9 Å². The number of rotatable bonds is 8. The fourth-order valence-corrected chi connectivity index (χ4v) is 4.16. The van der Waals surface area contributed by atoms with Crippen molar-refractivity contribution in [2.75, 3.05) is 22.5 Å². The van der Waals surface area contributed by atoms with Crippen molar-refractivity contribution in [2.45, 2.75) is 13.5 Å². The molecular weight excluding hydrogens is 471 g/mol. The van der Waals surface area contributed by atoms with Crippen LogP contribution in [0.1, 0.15) is 11.1 Å². The van der Waals surface area contributed by atoms with Crippen LogP contribution in [-0.2, 0) is 21.4 Å². The Morgan fingerprint density at radius 2 is 1.69 bits per heavy atom. The molecular formula is C23H22Cl2N2O4S. The van der Waals surface area contributed by atoms with Gasteiger partial charge >= 0.3 is 0 Å². The number of nitrogens with one attached hydrogen (secondary N) is 1. The number of amides is 1. The second-order valence-electron chi connectivity index (χ2n) is 7.16. The molecule has 3 rings (SSSR count). The maximum atomic E-state index is 12.4. The van der Waals surface area contributed by atoms with Crippen molar-refractivity contribution in [1.82, 2.24) is 0 Å². The summed E-state index contributed by atoms with van der Waals surface area (Å²) < 4.78 is 31.5. The molecule has 1 N–H and O–H groups in total. The lowest BCUT2D eigenvalue weighted by atomic mass is 10.2. The fraction of sp³-hybridized carbons (Fsp3) is 0.174. The molecule has 3 aromatic rings. The number of ether oxygens (including phenoxy) is 1. The minimum absolute atomic E-state index is 0.0974. The normalized spacial score (nSPS) is 11.1. The summed E-state index contributed by atoms with van der Waals surface area (Å²) >= 11 is 12.3. The highest BCUT2D eigenvalue weighted by molar-refractivity contribution is 7.92. The molecule has 0 aliphatic rings. The van der Waals surface area contributed by atoms with E-state index in [2.05, 4.69) is 5.32 Å². The van der Waals surface area contributed by atoms with E-state index in [1.165, 1.54) is 4.31 Å². The molecule has 0 heterocycles. The quantitative estimate of drug-likeness (QED) is 0.463. The van der Waals surface area contributed by atoms with Crippen molar-refractivity contribution >= 4 is 50.5 Å². The van der Waals surface area contributed by atoms with E-state index in [-0.39, 0.29) is 19.1 Å². The predicted molar refractivity (Wildman–Crippen MR) is 129 cm³/mol. The number of nitrogens with zero attached hydrogens (tertiary/aromatic N) is 1. The van der Waals surface area contributed by atoms with E-state index in [4.69, 9.17) is 27.9 Å². The van der Waals surface area contributed by atoms with Gasteiger partial charge in [0.1, 0.15) is 5.75 Å². The van der Waals surface area contributed by atoms with Crippen LogP contribution < -0.4 is 14.4 Å². The van der Waals surface area contributed by atoms with Crippen LogP contribution >= 0.6 is 23.2 Å². The Kier molecular flexibility index (Phi) is 7.66. The van der Waals surface area contributed by atoms with E-state index in [9.17, 15) is 13.2 Å². The molecule has 0 atom stereocenters. The fourth-order valence-electron chi connectivity index (χ4n) is 2.91. The molecule has 0 bridgehead atoms. The molecule has 168 valence electrons. The molecule has 3 aromatic carbocycles. The van der Waals surface area contributed by atoms with Gasteiger partial charge in [0.15, 0.2) is 6.61 Å². The van der Waals surface area contributed by atoms with Crippen molar-refractivity contribution in [1.29, 1.82) is 0 Å². The Labute approximate surface area is 197 Å². The molecule has 0 unspecified atom stereocenters. The minimum atomic E-state index is -3.55. The topological polar surface area (TPSA) is 75.7 Å². The lowest BCUT2D eigenvalue weighted by Crippen LogP contribution is -2.29. The van der Waals surface area contributed by atoms with Crippen LogP contribution in [0.5, 0.6) is 5.75 Å². The highest BCUT2D eigenvalue weighted by atomic mass is 35.5. The monoisotopic (exact) mass is 492 g/mol. The largest absolute Gasteiger partial charge is 0.484 e. The van der Waals surface area contributed by atoms with E-state index in [0.717, 1.165) is 11.8 Å². The van der Waals surface area contributed by atoms with Crippen LogP contribution in [0.2, 0.25) is 10.0 Å². The molecule has 0 aromatic heterocycles. The van der Waals surface area contributed by atoms with Crippen molar-refractivity contribution in [3.63, 3.8) is 0 Å². The van der Waals surface area contributed by atoms with Crippen molar-refractivity contribution in [2.24, 2.45) is 0 Å². The van der Waals surface area contributed by atoms with E-state index in [1.54, 1.807) is 60.7 Å². The summed E-state index contributed by atoms with van der Waals surface area (Å²) in [5.41, 5.74) is 2.64. The first-order valence-corrected chi connectivity index (χ1v) is 12.2. The maximum absolute atomic E-state index is 12.4. The summed E-state index contributed by atoms with van der Waals surface area (Å²) in [4.78, 5) is 12.1. The highest BCUT2D eigenvalue weighted by Gasteiger charge is 2.19. The zero-order chi connectivity index (χ0) is 23.3. The van der Waals surface area contributed by atoms with Crippen LogP contribution in [0.25, 0.3) is 0 Å². The van der Waals surface area contributed by atoms with Gasteiger partial charge in [0.05, 0.1) is 18.5 Å². The molecule has 0 aliphatic carbocycles. The number of sulfonamides is 1. The van der Waals surface area contributed by atoms with Gasteiger partial charge in [-0.25, -0.2) is 8.42 Å². The van der Waals surface area contributed by atoms with E-state index >= 15 is 0 Å². The van der Waals surface area contributed by atoms with Gasteiger partial charge in [-0.05, 0) is 60.5 Å². The number of hydrogen-bond donors (Lipinski definition) is 1. The van der Waals surface area contributed by atoms with Crippen LogP contribution in [0.15, 0.2) is 66.7 Å². The van der Waals surface area contributed by atoms with Gasteiger partial charge in [0.2, 0.25) is 10.0 Å². The Hall–Kier alpha value is -2.74. The molecule has 0 aliphatic heterocycles. The molecule has 0 spiro atoms. The third-order valence-corrected chi connectivity index (χ3v) is 6.54. The zero-order valence-corrected chi connectivity index (χ0v) is 19.8. The lowest BCUT2D eigenvalue weighted by molar-refractivity contribution is -0.118. The standard InChI is InChI=1S/C23H22Cl2N2O4S/c1-16-7-8-18(13-22(16)25)26-23(28)15-31-20-11-9-19(10-12-20)27(32(2,29)30)14-17-5-3-4-6-21(17)24/h3-13H,14-15H2,1-2H3,(H,26,28). The van der Waals surface area contributed by atoms with Crippen molar-refractivity contribution in [3.8, 4) is 5.75 Å². The smallest absolute Gasteiger partial charge is 0.262 e. The van der Waals surface area contributed by atoms with E-state index in [0.29, 0.717) is 32.7 Å². The van der Waals surface area contributed by atoms with Gasteiger partial charge in [-0.3, -0.25) is 9.10 Å². The maximum Gasteiger partial charge on any atom is 0.262 e. The Morgan fingerprint density at radius 1 is 1.00 bits per heavy atom. The lowest BCUT2D eigenvalue weighted by Gasteiger charge is -2.23. The molecule has 32 heavy (non-hydrogen) atoms. The summed E-state index contributed by atoms with van der Waals surface area (Å²) in [7, 11) is -3.55. The van der Waals surface area contributed by atoms with Crippen LogP contribution in [-0.4, -0.2) is 27.2 Å². The van der Waals surface area contributed by atoms with E-state index < -0.39 is 10.0 Å². The molecule has 6 nitrogen and oxygen atoms in total. The second-order valence-corrected chi connectivity index (χ2v) is 9.88. The molecule has 1 amide bonds. The van der Waals surface area contributed by atoms with Gasteiger partial charge in [-0.15, -0.1) is 0 Å². The van der Waals surface area contributed by atoms with Gasteiger partial charge in [-0.2, -0.15) is 0 Å². The van der Waals surface area contributed by atoms with Crippen LogP contribution in [0.3, 0.4) is 0 Å². The molecule has 0 saturated heterocycles. The van der Waals surface area contributed by atoms with E-state index in [1.807, 2.05) is 13.0 Å². The van der Waals surface area contributed by atoms with Gasteiger partial charge in [0, 0.05) is 15.7 Å². The average Bonchev–Trinajstić information content (AvgIpc) is 2.74. The number of aryl methyl sites for hydroxylation is 1. The number of halogens is 2. The first-order valence-electron chi connectivity index (χ1n) is 9.63. The Bertz CT molecular complexity index is 1210. The molecule has 0 saturated carbocycles. The third-order valence-electron chi connectivity index (χ3n) is 4.62. The third kappa shape index (κ3) is 6.38. The van der Waals surface area contributed by atoms with Crippen LogP contribution in [0, 0.1) is 6.92 Å². The molecule has 0 radical (unpaired) electrons. The number of anilines is 2. The number of carbonyl (C=O) groups excluding carboxylic acids is 1. The highest BCUT2D eigenvalue weighted by Crippen LogP contribution is 2.26. The van der Waals surface area contributed by atoms with Gasteiger partial charge in [0.25, 0.3) is 5.91 Å². The number of hydrogen-bond acceptors (Lipinski definition) is 4. The number of benzene rings is 3. The summed E-state index contributed by atoms with van der Waals surface area (Å²) in [6, 6.07) is 18.8. The first kappa shape index (κ1) is 23.9. The summed E-state index contributed by atoms with van der Waals surface area (Å²) in [5, 5.41) is 3.76. The second kappa shape index (κ2) is 10.3. The van der Waals surface area contributed by atoms with Crippen molar-refractivity contribution in [3.05, 3.63) is 87.9 Å².